The van der Waals surface area contributed by atoms with Crippen LogP contribution >= 0.6 is 0 Å². The first kappa shape index (κ1) is 21.7. The zero-order valence-electron chi connectivity index (χ0n) is 13.1. The molecule has 0 unspecified atom stereocenters. The van der Waals surface area contributed by atoms with Gasteiger partial charge < -0.3 is 15.3 Å². The van der Waals surface area contributed by atoms with Crippen LogP contribution in [0.15, 0.2) is 0 Å². The van der Waals surface area contributed by atoms with Gasteiger partial charge >= 0.3 is 5.97 Å². The maximum absolute atomic E-state index is 10.1. The van der Waals surface area contributed by atoms with E-state index < -0.39 is 5.97 Å². The molecule has 0 saturated carbocycles. The molecule has 3 N–H and O–H groups in total. The van der Waals surface area contributed by atoms with Crippen LogP contribution in [0.5, 0.6) is 0 Å². The van der Waals surface area contributed by atoms with Gasteiger partial charge in [-0.2, -0.15) is 0 Å². The Morgan fingerprint density at radius 3 is 1.50 bits per heavy atom. The van der Waals surface area contributed by atoms with Crippen molar-refractivity contribution in [3.05, 3.63) is 0 Å². The summed E-state index contributed by atoms with van der Waals surface area (Å²) in [6.07, 6.45) is 12.5. The lowest BCUT2D eigenvalue weighted by atomic mass is 10.1. The molecule has 0 bridgehead atoms. The van der Waals surface area contributed by atoms with E-state index in [1.165, 1.54) is 32.1 Å². The highest BCUT2D eigenvalue weighted by Crippen LogP contribution is 2.07. The summed E-state index contributed by atoms with van der Waals surface area (Å²) >= 11 is 0. The summed E-state index contributed by atoms with van der Waals surface area (Å²) in [5, 5.41) is 25.0. The van der Waals surface area contributed by atoms with Crippen LogP contribution in [0.1, 0.15) is 84.0 Å². The Bertz CT molecular complexity index is 177. The number of hydrogen-bond donors (Lipinski definition) is 3. The van der Waals surface area contributed by atoms with Crippen LogP contribution in [0, 0.1) is 0 Å². The van der Waals surface area contributed by atoms with Gasteiger partial charge in [0.15, 0.2) is 0 Å². The summed E-state index contributed by atoms with van der Waals surface area (Å²) in [5.74, 6) is -0.663. The fraction of sp³-hybridized carbons (Fsp3) is 0.938. The predicted molar refractivity (Wildman–Crippen MR) is 82.9 cm³/mol. The van der Waals surface area contributed by atoms with Crippen LogP contribution in [0.2, 0.25) is 0 Å². The van der Waals surface area contributed by atoms with Crippen molar-refractivity contribution in [2.24, 2.45) is 0 Å². The van der Waals surface area contributed by atoms with E-state index in [0.29, 0.717) is 6.42 Å². The standard InChI is InChI=1S/C10H20O2.C6H14O2/c1-2-3-4-5-6-7-8-9-10(11)12;7-5-3-1-2-4-6-8/h2-9H2,1H3,(H,11,12);7-8H,1-6H2. The Morgan fingerprint density at radius 1 is 0.700 bits per heavy atom. The van der Waals surface area contributed by atoms with E-state index >= 15 is 0 Å². The third kappa shape index (κ3) is 26.1. The highest BCUT2D eigenvalue weighted by Gasteiger charge is 1.95. The Labute approximate surface area is 124 Å². The Hall–Kier alpha value is -0.610. The molecular weight excluding hydrogens is 256 g/mol. The second kappa shape index (κ2) is 20.7. The molecule has 122 valence electrons. The van der Waals surface area contributed by atoms with Gasteiger partial charge in [0.2, 0.25) is 0 Å². The quantitative estimate of drug-likeness (QED) is 0.451. The van der Waals surface area contributed by atoms with Crippen LogP contribution in [0.3, 0.4) is 0 Å². The van der Waals surface area contributed by atoms with Crippen LogP contribution in [-0.4, -0.2) is 34.5 Å². The molecule has 4 heteroatoms. The predicted octanol–water partition coefficient (Wildman–Crippen LogP) is 3.74. The van der Waals surface area contributed by atoms with Gasteiger partial charge in [-0.05, 0) is 19.3 Å². The second-order valence-corrected chi connectivity index (χ2v) is 5.13. The van der Waals surface area contributed by atoms with Crippen molar-refractivity contribution in [3.8, 4) is 0 Å². The zero-order valence-corrected chi connectivity index (χ0v) is 13.1. The Morgan fingerprint density at radius 2 is 1.10 bits per heavy atom. The van der Waals surface area contributed by atoms with Gasteiger partial charge in [0.05, 0.1) is 0 Å². The average Bonchev–Trinajstić information content (AvgIpc) is 2.43. The van der Waals surface area contributed by atoms with Crippen LogP contribution < -0.4 is 0 Å². The molecule has 0 aliphatic rings. The molecule has 0 aliphatic carbocycles. The van der Waals surface area contributed by atoms with Crippen molar-refractivity contribution in [2.75, 3.05) is 13.2 Å². The van der Waals surface area contributed by atoms with Gasteiger partial charge in [0, 0.05) is 19.6 Å². The summed E-state index contributed by atoms with van der Waals surface area (Å²) in [6, 6.07) is 0. The first-order valence-corrected chi connectivity index (χ1v) is 8.12. The normalized spacial score (nSPS) is 9.95. The molecule has 0 aromatic heterocycles. The maximum Gasteiger partial charge on any atom is 0.303 e. The molecule has 0 aromatic carbocycles. The lowest BCUT2D eigenvalue weighted by Crippen LogP contribution is -1.93. The van der Waals surface area contributed by atoms with Crippen molar-refractivity contribution in [2.45, 2.75) is 84.0 Å². The monoisotopic (exact) mass is 290 g/mol. The van der Waals surface area contributed by atoms with Gasteiger partial charge in [-0.1, -0.05) is 58.3 Å². The second-order valence-electron chi connectivity index (χ2n) is 5.13. The SMILES string of the molecule is CCCCCCCCCC(=O)O.OCCCCCCO. The summed E-state index contributed by atoms with van der Waals surface area (Å²) in [7, 11) is 0. The Balaban J connectivity index is 0. The van der Waals surface area contributed by atoms with Crippen LogP contribution in [0.4, 0.5) is 0 Å². The van der Waals surface area contributed by atoms with E-state index in [2.05, 4.69) is 6.92 Å². The minimum absolute atomic E-state index is 0.283. The van der Waals surface area contributed by atoms with Gasteiger partial charge in [-0.15, -0.1) is 0 Å². The molecule has 0 amide bonds. The van der Waals surface area contributed by atoms with Crippen molar-refractivity contribution in [3.63, 3.8) is 0 Å². The third-order valence-electron chi connectivity index (χ3n) is 3.06. The van der Waals surface area contributed by atoms with E-state index in [4.69, 9.17) is 15.3 Å². The lowest BCUT2D eigenvalue weighted by Gasteiger charge is -1.98. The molecule has 0 atom stereocenters. The highest BCUT2D eigenvalue weighted by atomic mass is 16.4. The van der Waals surface area contributed by atoms with E-state index in [1.807, 2.05) is 0 Å². The number of rotatable bonds is 13. The number of aliphatic hydroxyl groups is 2. The summed E-state index contributed by atoms with van der Waals surface area (Å²) in [5.41, 5.74) is 0. The minimum atomic E-state index is -0.663. The molecule has 0 radical (unpaired) electrons. The molecule has 0 aromatic rings. The number of hydrogen-bond acceptors (Lipinski definition) is 3. The lowest BCUT2D eigenvalue weighted by molar-refractivity contribution is -0.137. The van der Waals surface area contributed by atoms with Gasteiger partial charge in [0.25, 0.3) is 0 Å². The number of carboxylic acids is 1. The number of unbranched alkanes of at least 4 members (excludes halogenated alkanes) is 9. The zero-order chi connectivity index (χ0) is 15.5. The highest BCUT2D eigenvalue weighted by molar-refractivity contribution is 5.66. The molecule has 0 saturated heterocycles. The molecule has 0 fully saturated rings. The van der Waals surface area contributed by atoms with Crippen molar-refractivity contribution >= 4 is 5.97 Å². The number of carboxylic acid groups (broad SMARTS) is 1. The smallest absolute Gasteiger partial charge is 0.303 e. The first-order valence-electron chi connectivity index (χ1n) is 8.12. The molecule has 0 spiro atoms. The minimum Gasteiger partial charge on any atom is -0.481 e. The topological polar surface area (TPSA) is 77.8 Å². The molecule has 4 nitrogen and oxygen atoms in total. The molecule has 0 rings (SSSR count). The van der Waals surface area contributed by atoms with E-state index in [9.17, 15) is 4.79 Å². The number of carbonyl (C=O) groups is 1. The van der Waals surface area contributed by atoms with Gasteiger partial charge in [-0.25, -0.2) is 0 Å². The molecule has 20 heavy (non-hydrogen) atoms. The van der Waals surface area contributed by atoms with E-state index in [-0.39, 0.29) is 13.2 Å². The van der Waals surface area contributed by atoms with Crippen LogP contribution in [-0.2, 0) is 4.79 Å². The number of aliphatic hydroxyl groups excluding tert-OH is 2. The number of aliphatic carboxylic acids is 1. The van der Waals surface area contributed by atoms with E-state index in [0.717, 1.165) is 38.5 Å². The van der Waals surface area contributed by atoms with Crippen LogP contribution in [0.25, 0.3) is 0 Å². The molecule has 0 heterocycles. The summed E-state index contributed by atoms with van der Waals surface area (Å²) < 4.78 is 0. The fourth-order valence-corrected chi connectivity index (χ4v) is 1.81. The maximum atomic E-state index is 10.1. The van der Waals surface area contributed by atoms with Gasteiger partial charge in [-0.3, -0.25) is 4.79 Å². The fourth-order valence-electron chi connectivity index (χ4n) is 1.81. The molecular formula is C16H34O4. The van der Waals surface area contributed by atoms with Gasteiger partial charge in [0.1, 0.15) is 0 Å². The first-order chi connectivity index (χ1) is 9.68. The Kier molecular flexibility index (Phi) is 22.4. The summed E-state index contributed by atoms with van der Waals surface area (Å²) in [6.45, 7) is 2.77. The third-order valence-corrected chi connectivity index (χ3v) is 3.06. The largest absolute Gasteiger partial charge is 0.481 e. The average molecular weight is 290 g/mol. The summed E-state index contributed by atoms with van der Waals surface area (Å²) in [4.78, 5) is 10.1. The van der Waals surface area contributed by atoms with Crippen molar-refractivity contribution < 1.29 is 20.1 Å². The van der Waals surface area contributed by atoms with E-state index in [1.54, 1.807) is 0 Å². The van der Waals surface area contributed by atoms with Crippen molar-refractivity contribution in [1.82, 2.24) is 0 Å². The van der Waals surface area contributed by atoms with Crippen molar-refractivity contribution in [1.29, 1.82) is 0 Å². The molecule has 0 aliphatic heterocycles.